The van der Waals surface area contributed by atoms with Crippen molar-refractivity contribution in [2.45, 2.75) is 0 Å². The van der Waals surface area contributed by atoms with Crippen molar-refractivity contribution in [1.82, 2.24) is 4.57 Å². The molecule has 0 aliphatic carbocycles. The number of fused-ring (bicyclic) bond motifs is 1. The minimum absolute atomic E-state index is 0.0169. The van der Waals surface area contributed by atoms with Gasteiger partial charge in [0.15, 0.2) is 0 Å². The van der Waals surface area contributed by atoms with E-state index in [2.05, 4.69) is 33.8 Å². The fourth-order valence-corrected chi connectivity index (χ4v) is 2.13. The fourth-order valence-electron chi connectivity index (χ4n) is 2.13. The molecule has 0 N–H and O–H groups in total. The van der Waals surface area contributed by atoms with Crippen LogP contribution in [0.2, 0.25) is 0 Å². The van der Waals surface area contributed by atoms with Crippen LogP contribution in [0, 0.1) is 6.07 Å². The average molecular weight is 376 g/mol. The molecule has 0 saturated carbocycles. The SMILES string of the molecule is Cn1c(-c2ccccc2)[c-]c2ccccc2c1=O.[Cl][Pd+]. The van der Waals surface area contributed by atoms with Crippen LogP contribution in [0.25, 0.3) is 22.0 Å². The molecule has 20 heavy (non-hydrogen) atoms. The van der Waals surface area contributed by atoms with E-state index in [1.54, 1.807) is 11.6 Å². The standard InChI is InChI=1S/C16H12NO.ClH.Pd/c1-17-15(12-7-3-2-4-8-12)11-13-9-5-6-10-14(13)16(17)18;;/h2-10H,1H3;1H;/q-1;;+2/p-1. The third kappa shape index (κ3) is 2.86. The van der Waals surface area contributed by atoms with Gasteiger partial charge >= 0.3 is 27.7 Å². The van der Waals surface area contributed by atoms with Gasteiger partial charge in [-0.2, -0.15) is 0 Å². The summed E-state index contributed by atoms with van der Waals surface area (Å²) in [6.45, 7) is 0. The Bertz CT molecular complexity index is 768. The van der Waals surface area contributed by atoms with Crippen molar-refractivity contribution in [3.8, 4) is 11.3 Å². The van der Waals surface area contributed by atoms with Crippen molar-refractivity contribution >= 4 is 20.3 Å². The van der Waals surface area contributed by atoms with E-state index in [9.17, 15) is 4.79 Å². The number of rotatable bonds is 1. The summed E-state index contributed by atoms with van der Waals surface area (Å²) in [6.07, 6.45) is 0. The number of benzene rings is 2. The predicted octanol–water partition coefficient (Wildman–Crippen LogP) is 3.69. The number of pyridine rings is 1. The summed E-state index contributed by atoms with van der Waals surface area (Å²) in [5, 5.41) is 1.57. The van der Waals surface area contributed by atoms with E-state index in [-0.39, 0.29) is 5.56 Å². The number of nitrogens with zero attached hydrogens (tertiary/aromatic N) is 1. The first kappa shape index (κ1) is 15.0. The number of hydrogen-bond donors (Lipinski definition) is 0. The molecular weight excluding hydrogens is 364 g/mol. The van der Waals surface area contributed by atoms with Gasteiger partial charge in [0, 0.05) is 7.05 Å². The molecule has 2 aromatic carbocycles. The Balaban J connectivity index is 0.000000704. The minimum atomic E-state index is 0.0169. The van der Waals surface area contributed by atoms with E-state index in [0.29, 0.717) is 5.39 Å². The van der Waals surface area contributed by atoms with Crippen molar-refractivity contribution in [3.05, 3.63) is 71.0 Å². The van der Waals surface area contributed by atoms with Gasteiger partial charge < -0.3 is 4.57 Å². The molecule has 1 aromatic heterocycles. The Morgan fingerprint density at radius 1 is 1.00 bits per heavy atom. The normalized spacial score (nSPS) is 10.0. The fraction of sp³-hybridized carbons (Fsp3) is 0.0625. The topological polar surface area (TPSA) is 22.0 Å². The Morgan fingerprint density at radius 2 is 1.60 bits per heavy atom. The first-order valence-corrected chi connectivity index (χ1v) is 7.96. The second kappa shape index (κ2) is 6.86. The quantitative estimate of drug-likeness (QED) is 0.469. The summed E-state index contributed by atoms with van der Waals surface area (Å²) < 4.78 is 1.65. The summed E-state index contributed by atoms with van der Waals surface area (Å²) in [7, 11) is 6.27. The van der Waals surface area contributed by atoms with Crippen molar-refractivity contribution in [2.24, 2.45) is 7.05 Å². The Kier molecular flexibility index (Phi) is 5.14. The van der Waals surface area contributed by atoms with Crippen molar-refractivity contribution in [1.29, 1.82) is 0 Å². The third-order valence-electron chi connectivity index (χ3n) is 3.10. The molecule has 2 nitrogen and oxygen atoms in total. The summed E-state index contributed by atoms with van der Waals surface area (Å²) in [4.78, 5) is 12.3. The average Bonchev–Trinajstić information content (AvgIpc) is 2.54. The number of hydrogen-bond acceptors (Lipinski definition) is 1. The maximum atomic E-state index is 12.3. The molecule has 0 aliphatic heterocycles. The predicted molar refractivity (Wildman–Crippen MR) is 79.3 cm³/mol. The molecule has 0 bridgehead atoms. The van der Waals surface area contributed by atoms with Crippen molar-refractivity contribution in [3.63, 3.8) is 0 Å². The van der Waals surface area contributed by atoms with E-state index in [1.807, 2.05) is 54.6 Å². The Morgan fingerprint density at radius 3 is 2.30 bits per heavy atom. The van der Waals surface area contributed by atoms with E-state index in [4.69, 9.17) is 0 Å². The van der Waals surface area contributed by atoms with Crippen molar-refractivity contribution < 1.29 is 18.2 Å². The second-order valence-corrected chi connectivity index (χ2v) is 4.25. The van der Waals surface area contributed by atoms with Crippen LogP contribution in [0.5, 0.6) is 0 Å². The number of halogens is 1. The molecule has 0 aliphatic rings. The molecule has 0 amide bonds. The zero-order valence-electron chi connectivity index (χ0n) is 10.7. The molecule has 1 heterocycles. The van der Waals surface area contributed by atoms with Gasteiger partial charge in [0.1, 0.15) is 0 Å². The van der Waals surface area contributed by atoms with E-state index < -0.39 is 0 Å². The van der Waals surface area contributed by atoms with Crippen molar-refractivity contribution in [2.75, 3.05) is 0 Å². The molecular formula is C16H12ClNOPd. The first-order valence-electron chi connectivity index (χ1n) is 5.96. The maximum absolute atomic E-state index is 12.3. The van der Waals surface area contributed by atoms with Crippen LogP contribution in [0.15, 0.2) is 59.4 Å². The number of aromatic nitrogens is 1. The van der Waals surface area contributed by atoms with Gasteiger partial charge in [-0.1, -0.05) is 48.0 Å². The molecule has 0 unspecified atom stereocenters. The summed E-state index contributed by atoms with van der Waals surface area (Å²) >= 11 is 2.22. The second-order valence-electron chi connectivity index (χ2n) is 4.25. The van der Waals surface area contributed by atoms with Gasteiger partial charge in [-0.15, -0.1) is 23.6 Å². The molecule has 0 spiro atoms. The van der Waals surface area contributed by atoms with Crippen LogP contribution in [-0.2, 0) is 25.2 Å². The molecule has 0 atom stereocenters. The summed E-state index contributed by atoms with van der Waals surface area (Å²) in [6, 6.07) is 20.7. The molecule has 0 radical (unpaired) electrons. The molecule has 3 aromatic rings. The summed E-state index contributed by atoms with van der Waals surface area (Å²) in [5.74, 6) is 0. The van der Waals surface area contributed by atoms with Crippen LogP contribution in [0.1, 0.15) is 0 Å². The van der Waals surface area contributed by atoms with Crippen LogP contribution in [0.3, 0.4) is 0 Å². The molecule has 0 saturated heterocycles. The third-order valence-corrected chi connectivity index (χ3v) is 3.10. The van der Waals surface area contributed by atoms with Gasteiger partial charge in [-0.25, -0.2) is 0 Å². The summed E-state index contributed by atoms with van der Waals surface area (Å²) in [5.41, 5.74) is 1.84. The Labute approximate surface area is 132 Å². The first-order chi connectivity index (χ1) is 9.77. The van der Waals surface area contributed by atoms with Gasteiger partial charge in [-0.3, -0.25) is 4.79 Å². The van der Waals surface area contributed by atoms with Gasteiger partial charge in [0.05, 0.1) is 0 Å². The molecule has 3 rings (SSSR count). The molecule has 0 fully saturated rings. The van der Waals surface area contributed by atoms with Crippen LogP contribution in [-0.4, -0.2) is 4.57 Å². The van der Waals surface area contributed by atoms with Crippen LogP contribution in [0.4, 0.5) is 0 Å². The monoisotopic (exact) mass is 375 g/mol. The molecule has 104 valence electrons. The zero-order valence-corrected chi connectivity index (χ0v) is 13.1. The Hall–Kier alpha value is -1.40. The van der Waals surface area contributed by atoms with Gasteiger partial charge in [-0.05, 0) is 11.1 Å². The van der Waals surface area contributed by atoms with E-state index >= 15 is 0 Å². The van der Waals surface area contributed by atoms with E-state index in [0.717, 1.165) is 16.6 Å². The van der Waals surface area contributed by atoms with Crippen LogP contribution < -0.4 is 5.56 Å². The van der Waals surface area contributed by atoms with E-state index in [1.165, 1.54) is 0 Å². The zero-order chi connectivity index (χ0) is 14.5. The van der Waals surface area contributed by atoms with Gasteiger partial charge in [0.25, 0.3) is 0 Å². The molecule has 4 heteroatoms. The van der Waals surface area contributed by atoms with Gasteiger partial charge in [0.2, 0.25) is 5.56 Å². The van der Waals surface area contributed by atoms with Crippen LogP contribution >= 0.6 is 9.53 Å².